The van der Waals surface area contributed by atoms with Gasteiger partial charge in [0.2, 0.25) is 5.91 Å². The number of nitrogens with zero attached hydrogens (tertiary/aromatic N) is 1. The number of carbonyl (C=O) groups is 1. The van der Waals surface area contributed by atoms with Crippen molar-refractivity contribution in [3.8, 4) is 0 Å². The summed E-state index contributed by atoms with van der Waals surface area (Å²) < 4.78 is 5.17. The number of rotatable bonds is 2. The Balaban J connectivity index is 1.86. The Morgan fingerprint density at radius 2 is 2.27 bits per heavy atom. The molecule has 15 heavy (non-hydrogen) atoms. The molecule has 0 N–H and O–H groups in total. The van der Waals surface area contributed by atoms with Crippen molar-refractivity contribution in [3.05, 3.63) is 24.2 Å². The predicted molar refractivity (Wildman–Crippen MR) is 57.4 cm³/mol. The molecular formula is C12H17NO2. The van der Waals surface area contributed by atoms with Crippen LogP contribution in [0.4, 0.5) is 0 Å². The Morgan fingerprint density at radius 3 is 2.87 bits per heavy atom. The summed E-state index contributed by atoms with van der Waals surface area (Å²) in [6.07, 6.45) is 4.27. The van der Waals surface area contributed by atoms with Gasteiger partial charge in [-0.05, 0) is 30.9 Å². The van der Waals surface area contributed by atoms with Gasteiger partial charge in [-0.25, -0.2) is 0 Å². The van der Waals surface area contributed by atoms with Gasteiger partial charge < -0.3 is 9.32 Å². The maximum atomic E-state index is 11.8. The summed E-state index contributed by atoms with van der Waals surface area (Å²) in [6, 6.07) is 3.67. The third kappa shape index (κ3) is 2.61. The van der Waals surface area contributed by atoms with Gasteiger partial charge in [-0.1, -0.05) is 6.92 Å². The van der Waals surface area contributed by atoms with Crippen LogP contribution in [0.15, 0.2) is 22.8 Å². The number of hydrogen-bond donors (Lipinski definition) is 0. The first-order chi connectivity index (χ1) is 7.25. The largest absolute Gasteiger partial charge is 0.469 e. The number of hydrogen-bond acceptors (Lipinski definition) is 2. The molecule has 0 spiro atoms. The SMILES string of the molecule is CC1CCN(C(=O)Cc2ccco2)CC1. The van der Waals surface area contributed by atoms with Crippen LogP contribution in [0.2, 0.25) is 0 Å². The minimum atomic E-state index is 0.192. The van der Waals surface area contributed by atoms with Gasteiger partial charge in [-0.15, -0.1) is 0 Å². The lowest BCUT2D eigenvalue weighted by Crippen LogP contribution is -2.38. The lowest BCUT2D eigenvalue weighted by molar-refractivity contribution is -0.132. The van der Waals surface area contributed by atoms with Crippen LogP contribution in [0.25, 0.3) is 0 Å². The first kappa shape index (κ1) is 10.3. The lowest BCUT2D eigenvalue weighted by Gasteiger charge is -2.30. The van der Waals surface area contributed by atoms with Crippen LogP contribution < -0.4 is 0 Å². The van der Waals surface area contributed by atoms with E-state index in [0.29, 0.717) is 6.42 Å². The van der Waals surface area contributed by atoms with E-state index in [-0.39, 0.29) is 5.91 Å². The van der Waals surface area contributed by atoms with Crippen molar-refractivity contribution >= 4 is 5.91 Å². The molecule has 1 aliphatic heterocycles. The molecule has 1 aromatic heterocycles. The smallest absolute Gasteiger partial charge is 0.230 e. The van der Waals surface area contributed by atoms with Gasteiger partial charge >= 0.3 is 0 Å². The minimum absolute atomic E-state index is 0.192. The van der Waals surface area contributed by atoms with Gasteiger partial charge in [-0.2, -0.15) is 0 Å². The fourth-order valence-electron chi connectivity index (χ4n) is 1.93. The Kier molecular flexibility index (Phi) is 3.09. The molecule has 0 aromatic carbocycles. The number of piperidine rings is 1. The lowest BCUT2D eigenvalue weighted by atomic mass is 9.99. The van der Waals surface area contributed by atoms with E-state index >= 15 is 0 Å². The number of carbonyl (C=O) groups excluding carboxylic acids is 1. The summed E-state index contributed by atoms with van der Waals surface area (Å²) >= 11 is 0. The van der Waals surface area contributed by atoms with Gasteiger partial charge in [-0.3, -0.25) is 4.79 Å². The Morgan fingerprint density at radius 1 is 1.53 bits per heavy atom. The van der Waals surface area contributed by atoms with Crippen molar-refractivity contribution in [2.75, 3.05) is 13.1 Å². The van der Waals surface area contributed by atoms with Gasteiger partial charge in [0.25, 0.3) is 0 Å². The van der Waals surface area contributed by atoms with Crippen molar-refractivity contribution in [2.24, 2.45) is 5.92 Å². The van der Waals surface area contributed by atoms with E-state index in [0.717, 1.165) is 37.6 Å². The third-order valence-electron chi connectivity index (χ3n) is 3.04. The van der Waals surface area contributed by atoms with E-state index < -0.39 is 0 Å². The number of amides is 1. The summed E-state index contributed by atoms with van der Waals surface area (Å²) in [5.41, 5.74) is 0. The highest BCUT2D eigenvalue weighted by Crippen LogP contribution is 2.16. The molecule has 0 unspecified atom stereocenters. The van der Waals surface area contributed by atoms with Crippen LogP contribution in [0.5, 0.6) is 0 Å². The highest BCUT2D eigenvalue weighted by atomic mass is 16.3. The Labute approximate surface area is 90.1 Å². The zero-order valence-corrected chi connectivity index (χ0v) is 9.11. The number of likely N-dealkylation sites (tertiary alicyclic amines) is 1. The van der Waals surface area contributed by atoms with Crippen molar-refractivity contribution in [2.45, 2.75) is 26.2 Å². The van der Waals surface area contributed by atoms with Crippen molar-refractivity contribution < 1.29 is 9.21 Å². The molecule has 0 saturated carbocycles. The van der Waals surface area contributed by atoms with Gasteiger partial charge in [0.05, 0.1) is 12.7 Å². The summed E-state index contributed by atoms with van der Waals surface area (Å²) in [5, 5.41) is 0. The number of furan rings is 1. The molecule has 3 nitrogen and oxygen atoms in total. The fourth-order valence-corrected chi connectivity index (χ4v) is 1.93. The van der Waals surface area contributed by atoms with Crippen LogP contribution in [-0.4, -0.2) is 23.9 Å². The maximum Gasteiger partial charge on any atom is 0.230 e. The summed E-state index contributed by atoms with van der Waals surface area (Å²) in [5.74, 6) is 1.72. The average Bonchev–Trinajstić information content (AvgIpc) is 2.71. The van der Waals surface area contributed by atoms with E-state index in [9.17, 15) is 4.79 Å². The molecule has 2 heterocycles. The van der Waals surface area contributed by atoms with Crippen LogP contribution in [0.3, 0.4) is 0 Å². The molecule has 3 heteroatoms. The van der Waals surface area contributed by atoms with Gasteiger partial charge in [0, 0.05) is 13.1 Å². The van der Waals surface area contributed by atoms with Crippen LogP contribution >= 0.6 is 0 Å². The van der Waals surface area contributed by atoms with Crippen molar-refractivity contribution in [1.29, 1.82) is 0 Å². The molecule has 0 aliphatic carbocycles. The molecule has 82 valence electrons. The van der Waals surface area contributed by atoms with Crippen LogP contribution in [0.1, 0.15) is 25.5 Å². The predicted octanol–water partition coefficient (Wildman–Crippen LogP) is 2.08. The summed E-state index contributed by atoms with van der Waals surface area (Å²) in [6.45, 7) is 4.05. The molecule has 1 saturated heterocycles. The first-order valence-corrected chi connectivity index (χ1v) is 5.56. The van der Waals surface area contributed by atoms with Crippen molar-refractivity contribution in [1.82, 2.24) is 4.90 Å². The van der Waals surface area contributed by atoms with Crippen LogP contribution in [-0.2, 0) is 11.2 Å². The Bertz CT molecular complexity index is 310. The zero-order valence-electron chi connectivity index (χ0n) is 9.11. The van der Waals surface area contributed by atoms with E-state index in [1.807, 2.05) is 17.0 Å². The van der Waals surface area contributed by atoms with Crippen molar-refractivity contribution in [3.63, 3.8) is 0 Å². The second kappa shape index (κ2) is 4.51. The first-order valence-electron chi connectivity index (χ1n) is 5.56. The second-order valence-corrected chi connectivity index (χ2v) is 4.32. The van der Waals surface area contributed by atoms with E-state index in [1.54, 1.807) is 6.26 Å². The molecule has 0 atom stereocenters. The molecule has 0 bridgehead atoms. The highest BCUT2D eigenvalue weighted by Gasteiger charge is 2.20. The normalized spacial score (nSPS) is 18.1. The summed E-state index contributed by atoms with van der Waals surface area (Å²) in [7, 11) is 0. The molecule has 1 aliphatic rings. The van der Waals surface area contributed by atoms with E-state index in [4.69, 9.17) is 4.42 Å². The molecule has 1 fully saturated rings. The second-order valence-electron chi connectivity index (χ2n) is 4.32. The minimum Gasteiger partial charge on any atom is -0.469 e. The molecule has 0 radical (unpaired) electrons. The average molecular weight is 207 g/mol. The van der Waals surface area contributed by atoms with Gasteiger partial charge in [0.15, 0.2) is 0 Å². The molecular weight excluding hydrogens is 190 g/mol. The zero-order chi connectivity index (χ0) is 10.7. The monoisotopic (exact) mass is 207 g/mol. The van der Waals surface area contributed by atoms with E-state index in [2.05, 4.69) is 6.92 Å². The highest BCUT2D eigenvalue weighted by molar-refractivity contribution is 5.78. The third-order valence-corrected chi connectivity index (χ3v) is 3.04. The topological polar surface area (TPSA) is 33.5 Å². The maximum absolute atomic E-state index is 11.8. The van der Waals surface area contributed by atoms with Gasteiger partial charge in [0.1, 0.15) is 5.76 Å². The standard InChI is InChI=1S/C12H17NO2/c1-10-4-6-13(7-5-10)12(14)9-11-3-2-8-15-11/h2-3,8,10H,4-7,9H2,1H3. The summed E-state index contributed by atoms with van der Waals surface area (Å²) in [4.78, 5) is 13.8. The quantitative estimate of drug-likeness (QED) is 0.744. The van der Waals surface area contributed by atoms with Crippen LogP contribution in [0, 0.1) is 5.92 Å². The fraction of sp³-hybridized carbons (Fsp3) is 0.583. The molecule has 1 amide bonds. The molecule has 2 rings (SSSR count). The molecule has 1 aromatic rings. The van der Waals surface area contributed by atoms with E-state index in [1.165, 1.54) is 0 Å². The Hall–Kier alpha value is -1.25.